The molecule has 0 spiro atoms. The van der Waals surface area contributed by atoms with E-state index in [1.54, 1.807) is 11.8 Å². The number of ketones is 1. The molecule has 1 unspecified atom stereocenters. The molecule has 0 amide bonds. The number of aromatic nitrogens is 2. The second-order valence-corrected chi connectivity index (χ2v) is 5.80. The van der Waals surface area contributed by atoms with Gasteiger partial charge in [0.1, 0.15) is 0 Å². The fourth-order valence-electron chi connectivity index (χ4n) is 2.14. The van der Waals surface area contributed by atoms with Crippen LogP contribution in [-0.2, 0) is 0 Å². The summed E-state index contributed by atoms with van der Waals surface area (Å²) in [5.74, 6) is 0.978. The molecule has 1 aromatic carbocycles. The summed E-state index contributed by atoms with van der Waals surface area (Å²) >= 11 is 1.66. The molecule has 1 aromatic heterocycles. The zero-order valence-corrected chi connectivity index (χ0v) is 11.5. The highest BCUT2D eigenvalue weighted by Crippen LogP contribution is 2.20. The third-order valence-electron chi connectivity index (χ3n) is 3.14. The van der Waals surface area contributed by atoms with Crippen LogP contribution in [0.1, 0.15) is 10.4 Å². The van der Waals surface area contributed by atoms with E-state index < -0.39 is 0 Å². The second kappa shape index (κ2) is 5.54. The van der Waals surface area contributed by atoms with E-state index in [-0.39, 0.29) is 16.6 Å². The van der Waals surface area contributed by atoms with Gasteiger partial charge in [-0.05, 0) is 11.0 Å². The quantitative estimate of drug-likeness (QED) is 0.633. The Labute approximate surface area is 119 Å². The molecule has 1 fully saturated rings. The molecule has 1 aliphatic rings. The zero-order valence-electron chi connectivity index (χ0n) is 10.7. The molecule has 0 saturated carbocycles. The monoisotopic (exact) mass is 290 g/mol. The smallest absolute Gasteiger partial charge is 0.286 e. The van der Waals surface area contributed by atoms with Crippen molar-refractivity contribution in [1.29, 1.82) is 5.41 Å². The van der Waals surface area contributed by atoms with Gasteiger partial charge in [-0.15, -0.1) is 0 Å². The summed E-state index contributed by atoms with van der Waals surface area (Å²) < 4.78 is 4.74. The predicted molar refractivity (Wildman–Crippen MR) is 73.0 cm³/mol. The molecule has 3 rings (SSSR count). The van der Waals surface area contributed by atoms with Crippen LogP contribution in [0.4, 0.5) is 0 Å². The summed E-state index contributed by atoms with van der Waals surface area (Å²) in [5, 5.41) is 12.9. The average Bonchev–Trinajstić information content (AvgIpc) is 2.94. The highest BCUT2D eigenvalue weighted by Gasteiger charge is 2.27. The first-order valence-electron chi connectivity index (χ1n) is 6.30. The topological polar surface area (TPSA) is 75.3 Å². The molecule has 1 aliphatic heterocycles. The summed E-state index contributed by atoms with van der Waals surface area (Å²) in [6.07, 6.45) is 1.50. The van der Waals surface area contributed by atoms with E-state index in [2.05, 4.69) is 5.27 Å². The third-order valence-corrected chi connectivity index (χ3v) is 4.32. The predicted octanol–water partition coefficient (Wildman–Crippen LogP) is -0.0599. The van der Waals surface area contributed by atoms with Crippen LogP contribution < -0.4 is 20.6 Å². The van der Waals surface area contributed by atoms with Gasteiger partial charge in [0.25, 0.3) is 11.8 Å². The molecule has 7 heteroatoms. The standard InChI is InChI=1S/C13H14N4O2S/c14-12-9-17(15-19-12)16-6-7-20-11(8-16)13(18)10-4-2-1-3-5-10/h1-5,9,11,14H,6-8H2. The van der Waals surface area contributed by atoms with Crippen molar-refractivity contribution in [3.05, 3.63) is 47.6 Å². The van der Waals surface area contributed by atoms with Gasteiger partial charge < -0.3 is 4.52 Å². The van der Waals surface area contributed by atoms with Crippen LogP contribution in [0, 0.1) is 5.41 Å². The normalized spacial score (nSPS) is 19.0. The van der Waals surface area contributed by atoms with Crippen LogP contribution in [0.25, 0.3) is 0 Å². The van der Waals surface area contributed by atoms with Gasteiger partial charge in [0.05, 0.1) is 5.25 Å². The van der Waals surface area contributed by atoms with Crippen molar-refractivity contribution in [3.63, 3.8) is 0 Å². The number of hydrogen-bond acceptors (Lipinski definition) is 5. The van der Waals surface area contributed by atoms with E-state index in [1.165, 1.54) is 11.0 Å². The molecule has 104 valence electrons. The molecule has 1 saturated heterocycles. The summed E-state index contributed by atoms with van der Waals surface area (Å²) in [7, 11) is 0. The lowest BCUT2D eigenvalue weighted by Gasteiger charge is -2.31. The van der Waals surface area contributed by atoms with E-state index >= 15 is 0 Å². The minimum atomic E-state index is -0.121. The maximum absolute atomic E-state index is 12.4. The van der Waals surface area contributed by atoms with Crippen molar-refractivity contribution in [2.45, 2.75) is 5.25 Å². The lowest BCUT2D eigenvalue weighted by Crippen LogP contribution is -2.65. The lowest BCUT2D eigenvalue weighted by molar-refractivity contribution is -0.763. The number of benzene rings is 1. The third kappa shape index (κ3) is 2.62. The number of Topliss-reactive ketones (excluding diaryl/α,β-unsaturated/α-hetero) is 1. The van der Waals surface area contributed by atoms with Crippen LogP contribution in [0.3, 0.4) is 0 Å². The fourth-order valence-corrected chi connectivity index (χ4v) is 3.31. The molecule has 0 radical (unpaired) electrons. The van der Waals surface area contributed by atoms with E-state index in [1.807, 2.05) is 35.3 Å². The van der Waals surface area contributed by atoms with E-state index in [0.717, 1.165) is 17.9 Å². The van der Waals surface area contributed by atoms with Crippen molar-refractivity contribution < 1.29 is 14.1 Å². The van der Waals surface area contributed by atoms with Crippen molar-refractivity contribution in [3.8, 4) is 0 Å². The molecular formula is C13H14N4O2S. The second-order valence-electron chi connectivity index (χ2n) is 4.49. The molecule has 6 nitrogen and oxygen atoms in total. The highest BCUT2D eigenvalue weighted by atomic mass is 32.2. The van der Waals surface area contributed by atoms with Gasteiger partial charge in [0.2, 0.25) is 0 Å². The van der Waals surface area contributed by atoms with Gasteiger partial charge in [-0.1, -0.05) is 35.1 Å². The van der Waals surface area contributed by atoms with Crippen LogP contribution in [0.2, 0.25) is 0 Å². The van der Waals surface area contributed by atoms with Gasteiger partial charge in [-0.3, -0.25) is 15.2 Å². The highest BCUT2D eigenvalue weighted by molar-refractivity contribution is 8.00. The van der Waals surface area contributed by atoms with Gasteiger partial charge in [0, 0.05) is 18.7 Å². The van der Waals surface area contributed by atoms with Gasteiger partial charge in [-0.25, -0.2) is 0 Å². The van der Waals surface area contributed by atoms with Crippen LogP contribution in [0.15, 0.2) is 41.1 Å². The largest absolute Gasteiger partial charge is 0.380 e. The number of thioether (sulfide) groups is 1. The number of nitrogens with zero attached hydrogens (tertiary/aromatic N) is 3. The number of hydrogen-bond donors (Lipinski definition) is 1. The van der Waals surface area contributed by atoms with Gasteiger partial charge in [-0.2, -0.15) is 11.8 Å². The molecule has 2 heterocycles. The first kappa shape index (κ1) is 13.0. The molecule has 0 bridgehead atoms. The fraction of sp³-hybridized carbons (Fsp3) is 0.308. The maximum atomic E-state index is 12.4. The zero-order chi connectivity index (χ0) is 13.9. The minimum absolute atomic E-state index is 0.00848. The van der Waals surface area contributed by atoms with Crippen LogP contribution in [0.5, 0.6) is 0 Å². The summed E-state index contributed by atoms with van der Waals surface area (Å²) in [6, 6.07) is 9.33. The van der Waals surface area contributed by atoms with Crippen LogP contribution in [-0.4, -0.2) is 29.9 Å². The number of carbonyl (C=O) groups is 1. The Morgan fingerprint density at radius 2 is 2.25 bits per heavy atom. The molecule has 2 aromatic rings. The first-order chi connectivity index (χ1) is 9.74. The Kier molecular flexibility index (Phi) is 3.60. The van der Waals surface area contributed by atoms with E-state index in [4.69, 9.17) is 9.93 Å². The molecule has 0 aliphatic carbocycles. The number of nitrogens with one attached hydrogen (secondary N) is 1. The SMILES string of the molecule is N=c1c[n+](N2CCSC(C(=O)c3ccccc3)C2)[n-]o1. The summed E-state index contributed by atoms with van der Waals surface area (Å²) in [5.41, 5.74) is 0.743. The first-order valence-corrected chi connectivity index (χ1v) is 7.35. The molecule has 1 atom stereocenters. The molecular weight excluding hydrogens is 276 g/mol. The van der Waals surface area contributed by atoms with Crippen molar-refractivity contribution in [2.75, 3.05) is 23.9 Å². The number of rotatable bonds is 3. The Bertz CT molecular complexity index is 652. The minimum Gasteiger partial charge on any atom is -0.380 e. The van der Waals surface area contributed by atoms with Gasteiger partial charge in [0.15, 0.2) is 5.78 Å². The lowest BCUT2D eigenvalue weighted by atomic mass is 10.1. The Hall–Kier alpha value is -2.02. The Morgan fingerprint density at radius 1 is 1.45 bits per heavy atom. The van der Waals surface area contributed by atoms with Gasteiger partial charge >= 0.3 is 0 Å². The molecule has 1 N–H and O–H groups in total. The maximum Gasteiger partial charge on any atom is 0.286 e. The van der Waals surface area contributed by atoms with Crippen LogP contribution >= 0.6 is 11.8 Å². The molecule has 20 heavy (non-hydrogen) atoms. The number of carbonyl (C=O) groups excluding carboxylic acids is 1. The van der Waals surface area contributed by atoms with Crippen molar-refractivity contribution in [1.82, 2.24) is 5.27 Å². The average molecular weight is 290 g/mol. The Morgan fingerprint density at radius 3 is 2.95 bits per heavy atom. The van der Waals surface area contributed by atoms with Crippen molar-refractivity contribution in [2.24, 2.45) is 0 Å². The van der Waals surface area contributed by atoms with E-state index in [0.29, 0.717) is 6.54 Å². The van der Waals surface area contributed by atoms with Crippen molar-refractivity contribution >= 4 is 17.5 Å². The Balaban J connectivity index is 1.75. The summed E-state index contributed by atoms with van der Waals surface area (Å²) in [4.78, 5) is 14.0. The van der Waals surface area contributed by atoms with E-state index in [9.17, 15) is 4.79 Å². The summed E-state index contributed by atoms with van der Waals surface area (Å²) in [6.45, 7) is 1.34.